The van der Waals surface area contributed by atoms with Gasteiger partial charge in [-0.25, -0.2) is 15.4 Å². The van der Waals surface area contributed by atoms with Gasteiger partial charge >= 0.3 is 0 Å². The van der Waals surface area contributed by atoms with Crippen LogP contribution in [0.3, 0.4) is 0 Å². The Bertz CT molecular complexity index is 960. The Morgan fingerprint density at radius 2 is 1.91 bits per heavy atom. The average Bonchev–Trinajstić information content (AvgIpc) is 3.40. The highest BCUT2D eigenvalue weighted by atomic mass is 16.3. The predicted octanol–water partition coefficient (Wildman–Crippen LogP) is 0.915. The second-order valence-electron chi connectivity index (χ2n) is 10.7. The van der Waals surface area contributed by atoms with Crippen LogP contribution in [0.5, 0.6) is 0 Å². The van der Waals surface area contributed by atoms with Gasteiger partial charge in [-0.3, -0.25) is 14.6 Å². The summed E-state index contributed by atoms with van der Waals surface area (Å²) in [6.45, 7) is 9.80. The van der Waals surface area contributed by atoms with Crippen LogP contribution in [0.25, 0.3) is 0 Å². The first-order valence-electron chi connectivity index (χ1n) is 11.3. The van der Waals surface area contributed by atoms with Crippen LogP contribution in [0.1, 0.15) is 59.6 Å². The Morgan fingerprint density at radius 1 is 1.21 bits per heavy atom. The zero-order chi connectivity index (χ0) is 24.1. The maximum atomic E-state index is 13.2. The molecule has 3 heterocycles. The molecular weight excluding hydrogens is 426 g/mol. The molecule has 11 heteroatoms. The van der Waals surface area contributed by atoms with Crippen LogP contribution in [0.15, 0.2) is 23.8 Å². The van der Waals surface area contributed by atoms with Gasteiger partial charge in [0.15, 0.2) is 5.57 Å². The van der Waals surface area contributed by atoms with E-state index in [1.54, 1.807) is 18.7 Å². The summed E-state index contributed by atoms with van der Waals surface area (Å²) in [5, 5.41) is 28.5. The minimum Gasteiger partial charge on any atom is -0.494 e. The molecule has 2 unspecified atom stereocenters. The first-order valence-corrected chi connectivity index (χ1v) is 11.3. The van der Waals surface area contributed by atoms with E-state index >= 15 is 0 Å². The van der Waals surface area contributed by atoms with Crippen molar-refractivity contribution >= 4 is 17.6 Å². The molecule has 33 heavy (non-hydrogen) atoms. The third-order valence-corrected chi connectivity index (χ3v) is 5.71. The SMILES string of the molecule is CC(C)(C)CN1C(O)=C(C(=O)NC2CC2)C(=O)N2NC(Nc3cnc(C(C)(C)O)cn3)CC12. The molecule has 0 bridgehead atoms. The van der Waals surface area contributed by atoms with Gasteiger partial charge in [-0.2, -0.15) is 0 Å². The van der Waals surface area contributed by atoms with Crippen LogP contribution in [-0.4, -0.2) is 66.8 Å². The third kappa shape index (κ3) is 5.03. The van der Waals surface area contributed by atoms with Crippen LogP contribution in [0.2, 0.25) is 0 Å². The quantitative estimate of drug-likeness (QED) is 0.392. The van der Waals surface area contributed by atoms with E-state index in [0.717, 1.165) is 12.8 Å². The number of aliphatic hydroxyl groups is 2. The van der Waals surface area contributed by atoms with Gasteiger partial charge in [0.2, 0.25) is 5.88 Å². The number of rotatable bonds is 6. The summed E-state index contributed by atoms with van der Waals surface area (Å²) in [6.07, 6.45) is 4.35. The van der Waals surface area contributed by atoms with Gasteiger partial charge in [-0.05, 0) is 32.1 Å². The number of aromatic nitrogens is 2. The Hall–Kier alpha value is -2.92. The van der Waals surface area contributed by atoms with E-state index in [1.807, 2.05) is 20.8 Å². The molecular formula is C22H33N7O4. The van der Waals surface area contributed by atoms with E-state index < -0.39 is 23.6 Å². The number of fused-ring (bicyclic) bond motifs is 1. The van der Waals surface area contributed by atoms with Crippen molar-refractivity contribution in [2.24, 2.45) is 5.41 Å². The van der Waals surface area contributed by atoms with Crippen molar-refractivity contribution in [2.45, 2.75) is 77.9 Å². The zero-order valence-corrected chi connectivity index (χ0v) is 19.7. The molecule has 1 saturated carbocycles. The Balaban J connectivity index is 1.55. The molecule has 0 radical (unpaired) electrons. The average molecular weight is 460 g/mol. The molecule has 2 fully saturated rings. The van der Waals surface area contributed by atoms with Crippen molar-refractivity contribution in [2.75, 3.05) is 11.9 Å². The van der Waals surface area contributed by atoms with E-state index in [1.165, 1.54) is 17.4 Å². The fraction of sp³-hybridized carbons (Fsp3) is 0.636. The summed E-state index contributed by atoms with van der Waals surface area (Å²) in [6, 6.07) is 0.0609. The van der Waals surface area contributed by atoms with E-state index in [0.29, 0.717) is 24.5 Å². The number of carbonyl (C=O) groups is 2. The summed E-state index contributed by atoms with van der Waals surface area (Å²) in [5.74, 6) is -0.928. The molecule has 1 saturated heterocycles. The van der Waals surface area contributed by atoms with E-state index in [9.17, 15) is 19.8 Å². The third-order valence-electron chi connectivity index (χ3n) is 5.71. The van der Waals surface area contributed by atoms with Crippen LogP contribution < -0.4 is 16.1 Å². The summed E-state index contributed by atoms with van der Waals surface area (Å²) in [4.78, 5) is 36.2. The lowest BCUT2D eigenvalue weighted by atomic mass is 9.95. The van der Waals surface area contributed by atoms with Crippen molar-refractivity contribution in [3.8, 4) is 0 Å². The number of nitrogens with one attached hydrogen (secondary N) is 3. The van der Waals surface area contributed by atoms with Crippen molar-refractivity contribution in [1.29, 1.82) is 0 Å². The fourth-order valence-corrected chi connectivity index (χ4v) is 3.95. The highest BCUT2D eigenvalue weighted by molar-refractivity contribution is 6.19. The molecule has 2 atom stereocenters. The van der Waals surface area contributed by atoms with E-state index in [2.05, 4.69) is 26.0 Å². The second kappa shape index (κ2) is 8.14. The number of hydrogen-bond acceptors (Lipinski definition) is 9. The van der Waals surface area contributed by atoms with Gasteiger partial charge in [0, 0.05) is 19.0 Å². The molecule has 5 N–H and O–H groups in total. The number of carbonyl (C=O) groups excluding carboxylic acids is 2. The predicted molar refractivity (Wildman–Crippen MR) is 120 cm³/mol. The molecule has 0 aromatic carbocycles. The van der Waals surface area contributed by atoms with Gasteiger partial charge in [0.05, 0.1) is 24.3 Å². The summed E-state index contributed by atoms with van der Waals surface area (Å²) < 4.78 is 0. The first kappa shape index (κ1) is 23.2. The Kier molecular flexibility index (Phi) is 5.73. The summed E-state index contributed by atoms with van der Waals surface area (Å²) in [7, 11) is 0. The van der Waals surface area contributed by atoms with Gasteiger partial charge in [-0.1, -0.05) is 20.8 Å². The van der Waals surface area contributed by atoms with Gasteiger partial charge in [-0.15, -0.1) is 0 Å². The smallest absolute Gasteiger partial charge is 0.281 e. The monoisotopic (exact) mass is 459 g/mol. The molecule has 4 rings (SSSR count). The van der Waals surface area contributed by atoms with Crippen LogP contribution in [-0.2, 0) is 15.2 Å². The zero-order valence-electron chi connectivity index (χ0n) is 19.7. The van der Waals surface area contributed by atoms with E-state index in [-0.39, 0.29) is 29.1 Å². The minimum absolute atomic E-state index is 0.0609. The van der Waals surface area contributed by atoms with Crippen LogP contribution in [0, 0.1) is 5.41 Å². The van der Waals surface area contributed by atoms with Gasteiger partial charge in [0.25, 0.3) is 11.8 Å². The van der Waals surface area contributed by atoms with Gasteiger partial charge in [0.1, 0.15) is 17.6 Å². The Labute approximate surface area is 193 Å². The highest BCUT2D eigenvalue weighted by Gasteiger charge is 2.49. The van der Waals surface area contributed by atoms with Crippen molar-refractivity contribution in [1.82, 2.24) is 30.6 Å². The molecule has 2 amide bonds. The summed E-state index contributed by atoms with van der Waals surface area (Å²) >= 11 is 0. The van der Waals surface area contributed by atoms with Crippen molar-refractivity contribution in [3.05, 3.63) is 29.5 Å². The minimum atomic E-state index is -1.10. The molecule has 180 valence electrons. The normalized spacial score (nSPS) is 23.6. The molecule has 2 aliphatic heterocycles. The lowest BCUT2D eigenvalue weighted by molar-refractivity contribution is -0.142. The highest BCUT2D eigenvalue weighted by Crippen LogP contribution is 2.33. The lowest BCUT2D eigenvalue weighted by Gasteiger charge is -2.42. The van der Waals surface area contributed by atoms with Crippen molar-refractivity contribution < 1.29 is 19.8 Å². The lowest BCUT2D eigenvalue weighted by Crippen LogP contribution is -2.58. The molecule has 1 aromatic rings. The number of amides is 2. The van der Waals surface area contributed by atoms with Crippen molar-refractivity contribution in [3.63, 3.8) is 0 Å². The number of hydrazine groups is 1. The molecule has 11 nitrogen and oxygen atoms in total. The summed E-state index contributed by atoms with van der Waals surface area (Å²) in [5.41, 5.74) is 2.02. The standard InChI is InChI=1S/C22H33N7O4/c1-21(2,3)11-28-16-8-14(26-15-10-23-13(9-24-15)22(4,5)33)27-29(16)20(32)17(19(28)31)18(30)25-12-6-7-12/h9-10,12,14,16,27,31,33H,6-8,11H2,1-5H3,(H,24,26)(H,25,30). The topological polar surface area (TPSA) is 143 Å². The number of hydrogen-bond donors (Lipinski definition) is 5. The molecule has 1 aliphatic carbocycles. The number of aliphatic hydroxyl groups excluding tert-OH is 1. The molecule has 1 aromatic heterocycles. The molecule has 3 aliphatic rings. The maximum absolute atomic E-state index is 13.2. The largest absolute Gasteiger partial charge is 0.494 e. The number of anilines is 1. The van der Waals surface area contributed by atoms with E-state index in [4.69, 9.17) is 0 Å². The second-order valence-corrected chi connectivity index (χ2v) is 10.7. The fourth-order valence-electron chi connectivity index (χ4n) is 3.95. The van der Waals surface area contributed by atoms with Crippen LogP contribution in [0.4, 0.5) is 5.82 Å². The van der Waals surface area contributed by atoms with Crippen LogP contribution >= 0.6 is 0 Å². The van der Waals surface area contributed by atoms with Gasteiger partial charge < -0.3 is 25.7 Å². The first-order chi connectivity index (χ1) is 15.3. The Morgan fingerprint density at radius 3 is 2.45 bits per heavy atom. The maximum Gasteiger partial charge on any atom is 0.281 e. The number of nitrogens with zero attached hydrogens (tertiary/aromatic N) is 4. The molecule has 0 spiro atoms.